The Morgan fingerprint density at radius 3 is 1.05 bits per heavy atom. The monoisotopic (exact) mass is 764 g/mol. The molecule has 0 amide bonds. The van der Waals surface area contributed by atoms with E-state index in [1.54, 1.807) is 0 Å². The Kier molecular flexibility index (Phi) is 8.90. The lowest BCUT2D eigenvalue weighted by Gasteiger charge is -2.28. The second kappa shape index (κ2) is 14.4. The van der Waals surface area contributed by atoms with Crippen molar-refractivity contribution in [3.05, 3.63) is 216 Å². The van der Waals surface area contributed by atoms with E-state index >= 15 is 0 Å². The molecule has 2 aliphatic carbocycles. The van der Waals surface area contributed by atoms with Gasteiger partial charge in [-0.15, -0.1) is 0 Å². The Hall–Kier alpha value is -6.98. The van der Waals surface area contributed by atoms with Gasteiger partial charge in [-0.3, -0.25) is 0 Å². The Balaban J connectivity index is 0.859. The molecule has 0 unspecified atom stereocenters. The summed E-state index contributed by atoms with van der Waals surface area (Å²) in [5, 5.41) is 0. The fourth-order valence-corrected chi connectivity index (χ4v) is 9.26. The number of nitrogens with zero attached hydrogens (tertiary/aromatic N) is 2. The Bertz CT molecular complexity index is 2610. The van der Waals surface area contributed by atoms with Gasteiger partial charge in [-0.05, 0) is 142 Å². The van der Waals surface area contributed by atoms with Crippen LogP contribution in [0.3, 0.4) is 0 Å². The summed E-state index contributed by atoms with van der Waals surface area (Å²) in [6.45, 7) is 9.30. The average molecular weight is 765 g/mol. The molecule has 4 nitrogen and oxygen atoms in total. The maximum Gasteiger partial charge on any atom is 0.576 e. The lowest BCUT2D eigenvalue weighted by Crippen LogP contribution is -2.16. The van der Waals surface area contributed by atoms with Crippen LogP contribution in [0.4, 0.5) is 34.1 Å². The first-order valence-electron chi connectivity index (χ1n) is 20.4. The second-order valence-corrected chi connectivity index (χ2v) is 16.5. The number of para-hydroxylation sites is 2. The van der Waals surface area contributed by atoms with Gasteiger partial charge in [0.05, 0.1) is 0 Å². The molecule has 0 fully saturated rings. The van der Waals surface area contributed by atoms with E-state index in [0.29, 0.717) is 0 Å². The first kappa shape index (κ1) is 36.4. The van der Waals surface area contributed by atoms with Gasteiger partial charge in [-0.2, -0.15) is 0 Å². The van der Waals surface area contributed by atoms with Crippen molar-refractivity contribution >= 4 is 41.8 Å². The van der Waals surface area contributed by atoms with Gasteiger partial charge in [-0.25, -0.2) is 0 Å². The summed E-state index contributed by atoms with van der Waals surface area (Å²) >= 11 is 0. The summed E-state index contributed by atoms with van der Waals surface area (Å²) < 4.78 is 12.3. The largest absolute Gasteiger partial charge is 0.576 e. The van der Waals surface area contributed by atoms with E-state index in [0.717, 1.165) is 45.6 Å². The summed E-state index contributed by atoms with van der Waals surface area (Å²) in [5.41, 5.74) is 17.0. The van der Waals surface area contributed by atoms with Gasteiger partial charge in [-0.1, -0.05) is 125 Å². The predicted molar refractivity (Wildman–Crippen MR) is 246 cm³/mol. The zero-order valence-corrected chi connectivity index (χ0v) is 33.9. The van der Waals surface area contributed by atoms with E-state index in [1.165, 1.54) is 44.5 Å². The number of benzene rings is 8. The SMILES string of the molecule is CC1(C)c2ccccc2-c2ccc(N(c3ccccc3)c3ccc(OBOc4ccc(N(c5ccccc5)c5ccc6c(c5)C(C)(C)c5ccccc5-6)cc4)cc3)cc21. The summed E-state index contributed by atoms with van der Waals surface area (Å²) in [7, 11) is 0.0877. The highest BCUT2D eigenvalue weighted by Crippen LogP contribution is 2.52. The van der Waals surface area contributed by atoms with E-state index in [1.807, 2.05) is 24.3 Å². The zero-order chi connectivity index (χ0) is 40.1. The van der Waals surface area contributed by atoms with Gasteiger partial charge in [0.25, 0.3) is 0 Å². The van der Waals surface area contributed by atoms with E-state index < -0.39 is 0 Å². The molecule has 0 N–H and O–H groups in total. The van der Waals surface area contributed by atoms with Gasteiger partial charge >= 0.3 is 7.69 Å². The fraction of sp³-hybridized carbons (Fsp3) is 0.111. The van der Waals surface area contributed by atoms with E-state index in [4.69, 9.17) is 9.31 Å². The Morgan fingerprint density at radius 2 is 0.644 bits per heavy atom. The number of anilines is 6. The summed E-state index contributed by atoms with van der Waals surface area (Å²) in [5.74, 6) is 1.47. The number of fused-ring (bicyclic) bond motifs is 6. The standard InChI is InChI=1S/C54H45BN2O2/c1-53(2)49-21-13-11-19-45(49)47-33-27-41(35-51(47)53)56(37-15-7-5-8-16-37)39-23-29-43(30-24-39)58-55-59-44-31-25-40(26-32-44)57(38-17-9-6-10-18-38)42-28-34-48-46-20-12-14-22-50(46)54(3,4)52(48)36-42/h5-36,55H,1-4H3. The fourth-order valence-electron chi connectivity index (χ4n) is 9.26. The van der Waals surface area contributed by atoms with Crippen molar-refractivity contribution < 1.29 is 9.31 Å². The minimum atomic E-state index is -0.0866. The Morgan fingerprint density at radius 1 is 0.322 bits per heavy atom. The van der Waals surface area contributed by atoms with Crippen LogP contribution in [0.1, 0.15) is 49.9 Å². The van der Waals surface area contributed by atoms with Crippen LogP contribution < -0.4 is 19.1 Å². The van der Waals surface area contributed by atoms with Gasteiger partial charge in [0, 0.05) is 45.0 Å². The van der Waals surface area contributed by atoms with Crippen molar-refractivity contribution in [2.75, 3.05) is 9.80 Å². The number of rotatable bonds is 10. The molecule has 0 heterocycles. The smallest absolute Gasteiger partial charge is 0.529 e. The van der Waals surface area contributed by atoms with E-state index in [9.17, 15) is 0 Å². The highest BCUT2D eigenvalue weighted by atomic mass is 16.6. The van der Waals surface area contributed by atoms with Crippen LogP contribution in [0.15, 0.2) is 194 Å². The normalized spacial score (nSPS) is 13.7. The minimum absolute atomic E-state index is 0.0866. The van der Waals surface area contributed by atoms with Crippen molar-refractivity contribution in [2.24, 2.45) is 0 Å². The molecule has 0 aromatic heterocycles. The van der Waals surface area contributed by atoms with Gasteiger partial charge < -0.3 is 19.1 Å². The quantitative estimate of drug-likeness (QED) is 0.130. The van der Waals surface area contributed by atoms with Crippen LogP contribution in [0, 0.1) is 0 Å². The lowest BCUT2D eigenvalue weighted by atomic mass is 9.82. The molecular weight excluding hydrogens is 719 g/mol. The van der Waals surface area contributed by atoms with Crippen molar-refractivity contribution in [1.29, 1.82) is 0 Å². The zero-order valence-electron chi connectivity index (χ0n) is 33.9. The molecule has 10 rings (SSSR count). The molecule has 0 bridgehead atoms. The summed E-state index contributed by atoms with van der Waals surface area (Å²) in [6, 6.07) is 68.9. The molecule has 0 aliphatic heterocycles. The molecule has 5 heteroatoms. The highest BCUT2D eigenvalue weighted by molar-refractivity contribution is 6.20. The lowest BCUT2D eigenvalue weighted by molar-refractivity contribution is 0.459. The van der Waals surface area contributed by atoms with Gasteiger partial charge in [0.2, 0.25) is 0 Å². The summed E-state index contributed by atoms with van der Waals surface area (Å²) in [6.07, 6.45) is 0. The molecule has 8 aromatic carbocycles. The third-order valence-electron chi connectivity index (χ3n) is 12.3. The van der Waals surface area contributed by atoms with Crippen LogP contribution in [0.2, 0.25) is 0 Å². The number of hydrogen-bond acceptors (Lipinski definition) is 4. The third-order valence-corrected chi connectivity index (χ3v) is 12.3. The first-order chi connectivity index (χ1) is 28.8. The van der Waals surface area contributed by atoms with Gasteiger partial charge in [0.1, 0.15) is 11.5 Å². The topological polar surface area (TPSA) is 24.9 Å². The number of hydrogen-bond donors (Lipinski definition) is 0. The van der Waals surface area contributed by atoms with E-state index in [2.05, 4.69) is 207 Å². The molecule has 0 saturated carbocycles. The predicted octanol–water partition coefficient (Wildman–Crippen LogP) is 14.0. The molecule has 0 atom stereocenters. The molecule has 2 aliphatic rings. The maximum atomic E-state index is 6.13. The molecule has 8 aromatic rings. The van der Waals surface area contributed by atoms with Crippen LogP contribution in [-0.2, 0) is 10.8 Å². The van der Waals surface area contributed by atoms with Crippen LogP contribution in [0.25, 0.3) is 22.3 Å². The highest BCUT2D eigenvalue weighted by Gasteiger charge is 2.37. The minimum Gasteiger partial charge on any atom is -0.529 e. The van der Waals surface area contributed by atoms with Crippen molar-refractivity contribution in [1.82, 2.24) is 0 Å². The second-order valence-electron chi connectivity index (χ2n) is 16.5. The molecular formula is C54H45BN2O2. The molecule has 0 saturated heterocycles. The molecule has 0 spiro atoms. The molecule has 286 valence electrons. The van der Waals surface area contributed by atoms with Crippen molar-refractivity contribution in [2.45, 2.75) is 38.5 Å². The molecule has 0 radical (unpaired) electrons. The molecule has 59 heavy (non-hydrogen) atoms. The van der Waals surface area contributed by atoms with E-state index in [-0.39, 0.29) is 18.5 Å². The maximum absolute atomic E-state index is 6.13. The third kappa shape index (κ3) is 6.34. The average Bonchev–Trinajstić information content (AvgIpc) is 3.65. The van der Waals surface area contributed by atoms with Crippen LogP contribution in [0.5, 0.6) is 11.5 Å². The van der Waals surface area contributed by atoms with Crippen LogP contribution in [-0.4, -0.2) is 7.69 Å². The summed E-state index contributed by atoms with van der Waals surface area (Å²) in [4.78, 5) is 4.62. The van der Waals surface area contributed by atoms with Crippen LogP contribution >= 0.6 is 0 Å². The Labute approximate surface area is 348 Å². The van der Waals surface area contributed by atoms with Crippen molar-refractivity contribution in [3.8, 4) is 33.8 Å². The van der Waals surface area contributed by atoms with Gasteiger partial charge in [0.15, 0.2) is 0 Å². The van der Waals surface area contributed by atoms with Crippen molar-refractivity contribution in [3.63, 3.8) is 0 Å². The first-order valence-corrected chi connectivity index (χ1v) is 20.4.